The summed E-state index contributed by atoms with van der Waals surface area (Å²) in [6.07, 6.45) is 3.78. The highest BCUT2D eigenvalue weighted by molar-refractivity contribution is 5.78. The van der Waals surface area contributed by atoms with E-state index in [1.165, 1.54) is 25.0 Å². The van der Waals surface area contributed by atoms with Gasteiger partial charge in [-0.15, -0.1) is 0 Å². The maximum atomic E-state index is 12.7. The number of benzene rings is 1. The van der Waals surface area contributed by atoms with Crippen molar-refractivity contribution in [1.82, 2.24) is 10.6 Å². The SMILES string of the molecule is O=C(Cc1ccc(F)cc1)NCCC1CCNCC1. The van der Waals surface area contributed by atoms with Crippen LogP contribution in [0.25, 0.3) is 0 Å². The van der Waals surface area contributed by atoms with Crippen LogP contribution in [0.15, 0.2) is 24.3 Å². The molecule has 1 aromatic carbocycles. The molecule has 0 aromatic heterocycles. The van der Waals surface area contributed by atoms with Crippen LogP contribution >= 0.6 is 0 Å². The largest absolute Gasteiger partial charge is 0.356 e. The van der Waals surface area contributed by atoms with Gasteiger partial charge in [0.2, 0.25) is 5.91 Å². The van der Waals surface area contributed by atoms with E-state index in [0.717, 1.165) is 37.5 Å². The number of nitrogens with one attached hydrogen (secondary N) is 2. The number of carbonyl (C=O) groups is 1. The Bertz CT molecular complexity index is 399. The van der Waals surface area contributed by atoms with Gasteiger partial charge in [0.1, 0.15) is 5.82 Å². The second-order valence-corrected chi connectivity index (χ2v) is 5.14. The lowest BCUT2D eigenvalue weighted by Crippen LogP contribution is -2.31. The van der Waals surface area contributed by atoms with Crippen LogP contribution in [0, 0.1) is 11.7 Å². The summed E-state index contributed by atoms with van der Waals surface area (Å²) in [5.74, 6) is 0.475. The van der Waals surface area contributed by atoms with Gasteiger partial charge in [-0.1, -0.05) is 12.1 Å². The summed E-state index contributed by atoms with van der Waals surface area (Å²) in [4.78, 5) is 11.7. The predicted octanol–water partition coefficient (Wildman–Crippen LogP) is 1.87. The summed E-state index contributed by atoms with van der Waals surface area (Å²) in [7, 11) is 0. The summed E-state index contributed by atoms with van der Waals surface area (Å²) in [6.45, 7) is 2.92. The Morgan fingerprint density at radius 1 is 1.26 bits per heavy atom. The normalized spacial score (nSPS) is 16.3. The fourth-order valence-corrected chi connectivity index (χ4v) is 2.44. The van der Waals surface area contributed by atoms with Gasteiger partial charge in [0.15, 0.2) is 0 Å². The van der Waals surface area contributed by atoms with Gasteiger partial charge in [0.25, 0.3) is 0 Å². The van der Waals surface area contributed by atoms with Crippen molar-refractivity contribution in [2.75, 3.05) is 19.6 Å². The van der Waals surface area contributed by atoms with Gasteiger partial charge in [-0.25, -0.2) is 4.39 Å². The van der Waals surface area contributed by atoms with Crippen molar-refractivity contribution in [3.63, 3.8) is 0 Å². The molecule has 0 aliphatic carbocycles. The van der Waals surface area contributed by atoms with Crippen molar-refractivity contribution in [3.05, 3.63) is 35.6 Å². The average molecular weight is 264 g/mol. The number of hydrogen-bond donors (Lipinski definition) is 2. The molecule has 4 heteroatoms. The Morgan fingerprint density at radius 2 is 1.95 bits per heavy atom. The number of carbonyl (C=O) groups excluding carboxylic acids is 1. The third-order valence-corrected chi connectivity index (χ3v) is 3.61. The van der Waals surface area contributed by atoms with Crippen molar-refractivity contribution >= 4 is 5.91 Å². The molecule has 1 saturated heterocycles. The Balaban J connectivity index is 1.65. The van der Waals surface area contributed by atoms with E-state index >= 15 is 0 Å². The number of rotatable bonds is 5. The van der Waals surface area contributed by atoms with E-state index in [-0.39, 0.29) is 11.7 Å². The first-order valence-electron chi connectivity index (χ1n) is 6.96. The monoisotopic (exact) mass is 264 g/mol. The molecule has 3 nitrogen and oxygen atoms in total. The molecule has 1 aliphatic heterocycles. The van der Waals surface area contributed by atoms with E-state index in [9.17, 15) is 9.18 Å². The number of halogens is 1. The van der Waals surface area contributed by atoms with Gasteiger partial charge >= 0.3 is 0 Å². The molecule has 0 atom stereocenters. The average Bonchev–Trinajstić information content (AvgIpc) is 2.43. The summed E-state index contributed by atoms with van der Waals surface area (Å²) in [6, 6.07) is 6.08. The molecule has 2 rings (SSSR count). The topological polar surface area (TPSA) is 41.1 Å². The zero-order chi connectivity index (χ0) is 13.5. The van der Waals surface area contributed by atoms with Gasteiger partial charge in [-0.2, -0.15) is 0 Å². The van der Waals surface area contributed by atoms with Gasteiger partial charge in [-0.3, -0.25) is 4.79 Å². The first-order valence-corrected chi connectivity index (χ1v) is 6.96. The first kappa shape index (κ1) is 14.0. The quantitative estimate of drug-likeness (QED) is 0.852. The van der Waals surface area contributed by atoms with E-state index < -0.39 is 0 Å². The van der Waals surface area contributed by atoms with Crippen LogP contribution in [0.3, 0.4) is 0 Å². The molecule has 0 spiro atoms. The zero-order valence-electron chi connectivity index (χ0n) is 11.1. The van der Waals surface area contributed by atoms with Crippen LogP contribution in [0.2, 0.25) is 0 Å². The number of amides is 1. The molecule has 1 aliphatic rings. The summed E-state index contributed by atoms with van der Waals surface area (Å²) in [5, 5.41) is 6.27. The lowest BCUT2D eigenvalue weighted by molar-refractivity contribution is -0.120. The minimum atomic E-state index is -0.268. The summed E-state index contributed by atoms with van der Waals surface area (Å²) in [5.41, 5.74) is 0.848. The third kappa shape index (κ3) is 4.99. The second kappa shape index (κ2) is 7.24. The molecular weight excluding hydrogens is 243 g/mol. The minimum Gasteiger partial charge on any atom is -0.356 e. The van der Waals surface area contributed by atoms with E-state index in [1.807, 2.05) is 0 Å². The molecular formula is C15H21FN2O. The highest BCUT2D eigenvalue weighted by atomic mass is 19.1. The Labute approximate surface area is 113 Å². The summed E-state index contributed by atoms with van der Waals surface area (Å²) >= 11 is 0. The van der Waals surface area contributed by atoms with Crippen LogP contribution in [0.4, 0.5) is 4.39 Å². The van der Waals surface area contributed by atoms with Crippen molar-refractivity contribution in [1.29, 1.82) is 0 Å². The van der Waals surface area contributed by atoms with E-state index in [4.69, 9.17) is 0 Å². The predicted molar refractivity (Wildman–Crippen MR) is 73.3 cm³/mol. The Hall–Kier alpha value is -1.42. The Kier molecular flexibility index (Phi) is 5.33. The number of hydrogen-bond acceptors (Lipinski definition) is 2. The van der Waals surface area contributed by atoms with Gasteiger partial charge in [0, 0.05) is 6.54 Å². The number of piperidine rings is 1. The van der Waals surface area contributed by atoms with Crippen LogP contribution < -0.4 is 10.6 Å². The highest BCUT2D eigenvalue weighted by Crippen LogP contribution is 2.14. The van der Waals surface area contributed by atoms with Crippen molar-refractivity contribution in [2.24, 2.45) is 5.92 Å². The van der Waals surface area contributed by atoms with Gasteiger partial charge in [-0.05, 0) is 56.0 Å². The maximum Gasteiger partial charge on any atom is 0.224 e. The van der Waals surface area contributed by atoms with Crippen molar-refractivity contribution in [3.8, 4) is 0 Å². The van der Waals surface area contributed by atoms with E-state index in [1.54, 1.807) is 12.1 Å². The van der Waals surface area contributed by atoms with E-state index in [0.29, 0.717) is 6.42 Å². The molecule has 104 valence electrons. The molecule has 0 radical (unpaired) electrons. The van der Waals surface area contributed by atoms with Gasteiger partial charge < -0.3 is 10.6 Å². The molecule has 2 N–H and O–H groups in total. The van der Waals surface area contributed by atoms with Crippen LogP contribution in [-0.2, 0) is 11.2 Å². The molecule has 1 aromatic rings. The minimum absolute atomic E-state index is 0.0144. The van der Waals surface area contributed by atoms with Crippen LogP contribution in [0.1, 0.15) is 24.8 Å². The fraction of sp³-hybridized carbons (Fsp3) is 0.533. The molecule has 1 heterocycles. The Morgan fingerprint density at radius 3 is 2.63 bits per heavy atom. The standard InChI is InChI=1S/C15H21FN2O/c16-14-3-1-13(2-4-14)11-15(19)18-10-7-12-5-8-17-9-6-12/h1-4,12,17H,5-11H2,(H,18,19). The lowest BCUT2D eigenvalue weighted by atomic mass is 9.95. The molecule has 0 bridgehead atoms. The fourth-order valence-electron chi connectivity index (χ4n) is 2.44. The van der Waals surface area contributed by atoms with Crippen molar-refractivity contribution < 1.29 is 9.18 Å². The molecule has 1 fully saturated rings. The van der Waals surface area contributed by atoms with E-state index in [2.05, 4.69) is 10.6 Å². The molecule has 1 amide bonds. The van der Waals surface area contributed by atoms with Crippen molar-refractivity contribution in [2.45, 2.75) is 25.7 Å². The van der Waals surface area contributed by atoms with Gasteiger partial charge in [0.05, 0.1) is 6.42 Å². The summed E-state index contributed by atoms with van der Waals surface area (Å²) < 4.78 is 12.7. The maximum absolute atomic E-state index is 12.7. The lowest BCUT2D eigenvalue weighted by Gasteiger charge is -2.22. The zero-order valence-corrected chi connectivity index (χ0v) is 11.1. The van der Waals surface area contributed by atoms with Crippen LogP contribution in [-0.4, -0.2) is 25.5 Å². The first-order chi connectivity index (χ1) is 9.24. The molecule has 0 unspecified atom stereocenters. The third-order valence-electron chi connectivity index (χ3n) is 3.61. The molecule has 19 heavy (non-hydrogen) atoms. The smallest absolute Gasteiger partial charge is 0.224 e. The molecule has 0 saturated carbocycles. The highest BCUT2D eigenvalue weighted by Gasteiger charge is 2.12. The van der Waals surface area contributed by atoms with Crippen LogP contribution in [0.5, 0.6) is 0 Å². The second-order valence-electron chi connectivity index (χ2n) is 5.14.